The largest absolute Gasteiger partial charge is 0.321 e. The van der Waals surface area contributed by atoms with Crippen molar-refractivity contribution < 1.29 is 4.79 Å². The molecule has 2 rings (SSSR count). The van der Waals surface area contributed by atoms with Crippen molar-refractivity contribution >= 4 is 34.5 Å². The van der Waals surface area contributed by atoms with Crippen LogP contribution in [0.25, 0.3) is 0 Å². The van der Waals surface area contributed by atoms with Crippen molar-refractivity contribution in [3.63, 3.8) is 0 Å². The first kappa shape index (κ1) is 13.1. The van der Waals surface area contributed by atoms with E-state index in [0.29, 0.717) is 5.88 Å². The highest BCUT2D eigenvalue weighted by molar-refractivity contribution is 7.14. The van der Waals surface area contributed by atoms with Gasteiger partial charge in [-0.1, -0.05) is 18.2 Å². The van der Waals surface area contributed by atoms with Gasteiger partial charge in [-0.15, -0.1) is 22.9 Å². The number of carbonyl (C=O) groups excluding carboxylic acids is 1. The lowest BCUT2D eigenvalue weighted by molar-refractivity contribution is 0.103. The molecule has 1 heterocycles. The molecule has 2 nitrogen and oxygen atoms in total. The first-order valence-electron chi connectivity index (χ1n) is 5.64. The zero-order chi connectivity index (χ0) is 13.1. The van der Waals surface area contributed by atoms with Crippen LogP contribution in [0, 0.1) is 13.8 Å². The van der Waals surface area contributed by atoms with Gasteiger partial charge < -0.3 is 5.32 Å². The Labute approximate surface area is 116 Å². The van der Waals surface area contributed by atoms with E-state index in [4.69, 9.17) is 11.6 Å². The van der Waals surface area contributed by atoms with Crippen molar-refractivity contribution in [1.29, 1.82) is 0 Å². The van der Waals surface area contributed by atoms with Crippen LogP contribution in [0.2, 0.25) is 0 Å². The molecule has 1 aromatic carbocycles. The third kappa shape index (κ3) is 2.74. The highest BCUT2D eigenvalue weighted by atomic mass is 35.5. The van der Waals surface area contributed by atoms with Gasteiger partial charge in [0.05, 0.1) is 4.88 Å². The Hall–Kier alpha value is -1.32. The molecule has 0 radical (unpaired) electrons. The fourth-order valence-corrected chi connectivity index (χ4v) is 2.79. The maximum absolute atomic E-state index is 12.1. The number of carbonyl (C=O) groups is 1. The van der Waals surface area contributed by atoms with Gasteiger partial charge in [0, 0.05) is 16.4 Å². The molecule has 1 amide bonds. The van der Waals surface area contributed by atoms with E-state index in [2.05, 4.69) is 5.32 Å². The fourth-order valence-electron chi connectivity index (χ4n) is 1.63. The van der Waals surface area contributed by atoms with Gasteiger partial charge in [-0.3, -0.25) is 4.79 Å². The van der Waals surface area contributed by atoms with Gasteiger partial charge >= 0.3 is 0 Å². The molecule has 0 atom stereocenters. The van der Waals surface area contributed by atoms with Crippen LogP contribution in [0.4, 0.5) is 5.69 Å². The zero-order valence-corrected chi connectivity index (χ0v) is 11.9. The monoisotopic (exact) mass is 279 g/mol. The third-order valence-corrected chi connectivity index (χ3v) is 4.24. The van der Waals surface area contributed by atoms with E-state index in [0.717, 1.165) is 21.7 Å². The molecular formula is C14H14ClNOS. The molecule has 0 aliphatic carbocycles. The number of aryl methyl sites for hydroxylation is 2. The van der Waals surface area contributed by atoms with E-state index in [1.807, 2.05) is 44.2 Å². The summed E-state index contributed by atoms with van der Waals surface area (Å²) >= 11 is 7.35. The zero-order valence-electron chi connectivity index (χ0n) is 10.3. The van der Waals surface area contributed by atoms with E-state index in [1.54, 1.807) is 0 Å². The number of amides is 1. The highest BCUT2D eigenvalue weighted by Crippen LogP contribution is 2.23. The number of hydrogen-bond acceptors (Lipinski definition) is 2. The Morgan fingerprint density at radius 1 is 1.33 bits per heavy atom. The molecule has 1 aromatic heterocycles. The van der Waals surface area contributed by atoms with Gasteiger partial charge in [-0.25, -0.2) is 0 Å². The normalized spacial score (nSPS) is 10.4. The quantitative estimate of drug-likeness (QED) is 0.831. The lowest BCUT2D eigenvalue weighted by atomic mass is 10.2. The second-order valence-electron chi connectivity index (χ2n) is 4.09. The maximum Gasteiger partial charge on any atom is 0.265 e. The van der Waals surface area contributed by atoms with Crippen LogP contribution in [0.1, 0.15) is 25.7 Å². The Morgan fingerprint density at radius 3 is 2.67 bits per heavy atom. The van der Waals surface area contributed by atoms with Crippen molar-refractivity contribution in [3.8, 4) is 0 Å². The van der Waals surface area contributed by atoms with Crippen LogP contribution in [0.3, 0.4) is 0 Å². The number of thiophene rings is 1. The Balaban J connectivity index is 2.21. The SMILES string of the molecule is Cc1cc(C(=O)Nc2ccccc2CCl)sc1C. The molecule has 2 aromatic rings. The second kappa shape index (κ2) is 5.55. The molecule has 0 aliphatic heterocycles. The van der Waals surface area contributed by atoms with Crippen molar-refractivity contribution in [2.75, 3.05) is 5.32 Å². The van der Waals surface area contributed by atoms with Gasteiger partial charge in [-0.2, -0.15) is 0 Å². The van der Waals surface area contributed by atoms with E-state index in [1.165, 1.54) is 16.2 Å². The van der Waals surface area contributed by atoms with Gasteiger partial charge in [-0.05, 0) is 37.1 Å². The number of para-hydroxylation sites is 1. The van der Waals surface area contributed by atoms with E-state index >= 15 is 0 Å². The molecule has 0 saturated carbocycles. The van der Waals surface area contributed by atoms with E-state index < -0.39 is 0 Å². The predicted octanol–water partition coefficient (Wildman–Crippen LogP) is 4.36. The molecular weight excluding hydrogens is 266 g/mol. The summed E-state index contributed by atoms with van der Waals surface area (Å²) in [5, 5.41) is 2.91. The standard InChI is InChI=1S/C14H14ClNOS/c1-9-7-13(18-10(9)2)14(17)16-12-6-4-3-5-11(12)8-15/h3-7H,8H2,1-2H3,(H,16,17). The fraction of sp³-hybridized carbons (Fsp3) is 0.214. The third-order valence-electron chi connectivity index (χ3n) is 2.80. The van der Waals surface area contributed by atoms with Crippen molar-refractivity contribution in [2.45, 2.75) is 19.7 Å². The molecule has 0 bridgehead atoms. The van der Waals surface area contributed by atoms with Gasteiger partial charge in [0.15, 0.2) is 0 Å². The van der Waals surface area contributed by atoms with Crippen LogP contribution < -0.4 is 5.32 Å². The number of benzene rings is 1. The van der Waals surface area contributed by atoms with Crippen LogP contribution >= 0.6 is 22.9 Å². The number of alkyl halides is 1. The number of hydrogen-bond donors (Lipinski definition) is 1. The van der Waals surface area contributed by atoms with E-state index in [-0.39, 0.29) is 5.91 Å². The first-order chi connectivity index (χ1) is 8.61. The highest BCUT2D eigenvalue weighted by Gasteiger charge is 2.12. The lowest BCUT2D eigenvalue weighted by Gasteiger charge is -2.07. The smallest absolute Gasteiger partial charge is 0.265 e. The molecule has 0 spiro atoms. The van der Waals surface area contributed by atoms with Crippen LogP contribution in [-0.2, 0) is 5.88 Å². The van der Waals surface area contributed by atoms with Crippen LogP contribution in [0.15, 0.2) is 30.3 Å². The summed E-state index contributed by atoms with van der Waals surface area (Å²) in [5.41, 5.74) is 2.86. The average Bonchev–Trinajstić information content (AvgIpc) is 2.70. The van der Waals surface area contributed by atoms with Crippen molar-refractivity contribution in [1.82, 2.24) is 0 Å². The topological polar surface area (TPSA) is 29.1 Å². The molecule has 4 heteroatoms. The Kier molecular flexibility index (Phi) is 4.04. The maximum atomic E-state index is 12.1. The van der Waals surface area contributed by atoms with Gasteiger partial charge in [0.25, 0.3) is 5.91 Å². The summed E-state index contributed by atoms with van der Waals surface area (Å²) in [7, 11) is 0. The number of halogens is 1. The predicted molar refractivity (Wildman–Crippen MR) is 77.7 cm³/mol. The second-order valence-corrected chi connectivity index (χ2v) is 5.62. The Morgan fingerprint density at radius 2 is 2.06 bits per heavy atom. The molecule has 0 unspecified atom stereocenters. The summed E-state index contributed by atoms with van der Waals surface area (Å²) < 4.78 is 0. The molecule has 18 heavy (non-hydrogen) atoms. The Bertz CT molecular complexity index is 557. The summed E-state index contributed by atoms with van der Waals surface area (Å²) in [6, 6.07) is 9.48. The van der Waals surface area contributed by atoms with Gasteiger partial charge in [0.1, 0.15) is 0 Å². The first-order valence-corrected chi connectivity index (χ1v) is 6.99. The van der Waals surface area contributed by atoms with Crippen LogP contribution in [0.5, 0.6) is 0 Å². The molecule has 1 N–H and O–H groups in total. The van der Waals surface area contributed by atoms with Crippen molar-refractivity contribution in [3.05, 3.63) is 51.2 Å². The van der Waals surface area contributed by atoms with Crippen LogP contribution in [-0.4, -0.2) is 5.91 Å². The number of anilines is 1. The van der Waals surface area contributed by atoms with Gasteiger partial charge in [0.2, 0.25) is 0 Å². The summed E-state index contributed by atoms with van der Waals surface area (Å²) in [6.07, 6.45) is 0. The minimum Gasteiger partial charge on any atom is -0.321 e. The summed E-state index contributed by atoms with van der Waals surface area (Å²) in [6.45, 7) is 4.03. The van der Waals surface area contributed by atoms with Crippen molar-refractivity contribution in [2.24, 2.45) is 0 Å². The minimum atomic E-state index is -0.0752. The molecule has 0 aliphatic rings. The molecule has 0 saturated heterocycles. The number of rotatable bonds is 3. The average molecular weight is 280 g/mol. The lowest BCUT2D eigenvalue weighted by Crippen LogP contribution is -2.11. The molecule has 94 valence electrons. The number of nitrogens with one attached hydrogen (secondary N) is 1. The summed E-state index contributed by atoms with van der Waals surface area (Å²) in [5.74, 6) is 0.313. The molecule has 0 fully saturated rings. The summed E-state index contributed by atoms with van der Waals surface area (Å²) in [4.78, 5) is 14.0. The minimum absolute atomic E-state index is 0.0752. The van der Waals surface area contributed by atoms with E-state index in [9.17, 15) is 4.79 Å².